The number of nitrogens with zero attached hydrogens (tertiary/aromatic N) is 4. The zero-order valence-corrected chi connectivity index (χ0v) is 33.2. The maximum Gasteiger partial charge on any atom is 0.145 e. The Morgan fingerprint density at radius 3 is 1.94 bits per heavy atom. The third-order valence-electron chi connectivity index (χ3n) is 13.1. The number of benzene rings is 9. The van der Waals surface area contributed by atoms with E-state index in [4.69, 9.17) is 4.42 Å². The van der Waals surface area contributed by atoms with Gasteiger partial charge in [0.2, 0.25) is 0 Å². The van der Waals surface area contributed by atoms with Crippen LogP contribution in [0.3, 0.4) is 0 Å². The summed E-state index contributed by atoms with van der Waals surface area (Å²) < 4.78 is 11.4. The van der Waals surface area contributed by atoms with Crippen molar-refractivity contribution >= 4 is 65.6 Å². The highest BCUT2D eigenvalue weighted by Crippen LogP contribution is 2.47. The number of nitriles is 2. The molecule has 3 heterocycles. The molecule has 3 aromatic heterocycles. The van der Waals surface area contributed by atoms with Gasteiger partial charge in [0.1, 0.15) is 17.2 Å². The van der Waals surface area contributed by atoms with E-state index in [1.807, 2.05) is 48.5 Å². The lowest BCUT2D eigenvalue weighted by atomic mass is 9.91. The molecule has 0 saturated heterocycles. The third kappa shape index (κ3) is 4.71. The summed E-state index contributed by atoms with van der Waals surface area (Å²) in [7, 11) is 0. The third-order valence-corrected chi connectivity index (χ3v) is 13.1. The van der Waals surface area contributed by atoms with Gasteiger partial charge in [0.15, 0.2) is 0 Å². The Balaban J connectivity index is 1.13. The second kappa shape index (κ2) is 12.9. The van der Waals surface area contributed by atoms with Crippen LogP contribution in [0.2, 0.25) is 0 Å². The van der Waals surface area contributed by atoms with Gasteiger partial charge in [0.25, 0.3) is 0 Å². The normalized spacial score (nSPS) is 12.1. The maximum atomic E-state index is 11.0. The predicted octanol–water partition coefficient (Wildman–Crippen LogP) is 14.4. The largest absolute Gasteiger partial charge is 0.455 e. The number of rotatable bonds is 4. The average Bonchev–Trinajstić information content (AvgIpc) is 4.08. The summed E-state index contributed by atoms with van der Waals surface area (Å²) >= 11 is 0. The van der Waals surface area contributed by atoms with Crippen molar-refractivity contribution < 1.29 is 4.42 Å². The quantitative estimate of drug-likeness (QED) is 0.178. The van der Waals surface area contributed by atoms with Crippen LogP contribution in [0.5, 0.6) is 0 Å². The monoisotopic (exact) mass is 788 g/mol. The molecule has 5 heteroatoms. The van der Waals surface area contributed by atoms with E-state index in [1.54, 1.807) is 0 Å². The first-order valence-corrected chi connectivity index (χ1v) is 20.8. The fraction of sp³-hybridized carbons (Fsp3) is 0.0175. The molecule has 1 aliphatic rings. The molecular weight excluding hydrogens is 757 g/mol. The maximum absolute atomic E-state index is 11.0. The first-order valence-electron chi connectivity index (χ1n) is 20.8. The van der Waals surface area contributed by atoms with E-state index >= 15 is 0 Å². The molecule has 0 saturated carbocycles. The molecular formula is C57H32N4O. The van der Waals surface area contributed by atoms with Crippen molar-refractivity contribution in [3.63, 3.8) is 0 Å². The van der Waals surface area contributed by atoms with Crippen molar-refractivity contribution in [2.75, 3.05) is 0 Å². The molecule has 0 aliphatic heterocycles. The molecule has 0 radical (unpaired) electrons. The average molecular weight is 789 g/mol. The summed E-state index contributed by atoms with van der Waals surface area (Å²) in [5.41, 5.74) is 17.9. The molecule has 0 amide bonds. The van der Waals surface area contributed by atoms with E-state index in [0.29, 0.717) is 11.1 Å². The van der Waals surface area contributed by atoms with E-state index in [0.717, 1.165) is 94.8 Å². The molecule has 1 aliphatic carbocycles. The Morgan fingerprint density at radius 1 is 0.452 bits per heavy atom. The smallest absolute Gasteiger partial charge is 0.145 e. The fourth-order valence-electron chi connectivity index (χ4n) is 10.4. The van der Waals surface area contributed by atoms with Crippen LogP contribution in [0.15, 0.2) is 186 Å². The van der Waals surface area contributed by atoms with Crippen molar-refractivity contribution in [2.45, 2.75) is 6.42 Å². The van der Waals surface area contributed by atoms with E-state index in [2.05, 4.69) is 155 Å². The summed E-state index contributed by atoms with van der Waals surface area (Å²) in [6.07, 6.45) is 0.868. The molecule has 62 heavy (non-hydrogen) atoms. The number of para-hydroxylation sites is 3. The highest BCUT2D eigenvalue weighted by atomic mass is 16.3. The summed E-state index contributed by atoms with van der Waals surface area (Å²) in [4.78, 5) is 0. The first kappa shape index (κ1) is 34.2. The Hall–Kier alpha value is -8.64. The standard InChI is InChI=1S/C57H32N4O/c58-32-34-20-22-35(23-21-34)38-15-9-16-40(48(38)33-59)42-25-24-37(60-49-17-6-4-14-46(49)56-52(60)29-27-44-43-12-5-8-19-54(43)62-57(44)56)31-53(42)61-50-18-7-3-13-45(50)55-47-30-36-10-1-2-11-39(36)41(47)26-28-51(55)61/h1-29,31H,30H2. The van der Waals surface area contributed by atoms with Crippen LogP contribution in [0.25, 0.3) is 110 Å². The van der Waals surface area contributed by atoms with Crippen molar-refractivity contribution in [1.82, 2.24) is 9.13 Å². The van der Waals surface area contributed by atoms with Crippen LogP contribution >= 0.6 is 0 Å². The second-order valence-electron chi connectivity index (χ2n) is 16.2. The highest BCUT2D eigenvalue weighted by molar-refractivity contribution is 6.24. The lowest BCUT2D eigenvalue weighted by molar-refractivity contribution is 0.673. The molecule has 0 atom stereocenters. The highest BCUT2D eigenvalue weighted by Gasteiger charge is 2.27. The fourth-order valence-corrected chi connectivity index (χ4v) is 10.4. The van der Waals surface area contributed by atoms with Crippen LogP contribution < -0.4 is 0 Å². The number of furan rings is 1. The molecule has 13 rings (SSSR count). The van der Waals surface area contributed by atoms with Crippen molar-refractivity contribution in [3.8, 4) is 56.9 Å². The lowest BCUT2D eigenvalue weighted by Crippen LogP contribution is -2.02. The Labute approximate surface area is 355 Å². The van der Waals surface area contributed by atoms with E-state index in [1.165, 1.54) is 33.0 Å². The molecule has 12 aromatic rings. The molecule has 0 bridgehead atoms. The lowest BCUT2D eigenvalue weighted by Gasteiger charge is -2.19. The Kier molecular flexibility index (Phi) is 7.14. The number of hydrogen-bond donors (Lipinski definition) is 0. The zero-order valence-electron chi connectivity index (χ0n) is 33.2. The number of aromatic nitrogens is 2. The van der Waals surface area contributed by atoms with Gasteiger partial charge in [-0.05, 0) is 94.9 Å². The molecule has 0 N–H and O–H groups in total. The number of hydrogen-bond acceptors (Lipinski definition) is 3. The Morgan fingerprint density at radius 2 is 1.11 bits per heavy atom. The second-order valence-corrected chi connectivity index (χ2v) is 16.2. The van der Waals surface area contributed by atoms with Gasteiger partial charge in [-0.15, -0.1) is 0 Å². The predicted molar refractivity (Wildman–Crippen MR) is 251 cm³/mol. The van der Waals surface area contributed by atoms with Crippen LogP contribution in [0.4, 0.5) is 0 Å². The summed E-state index contributed by atoms with van der Waals surface area (Å²) in [5, 5.41) is 27.4. The van der Waals surface area contributed by atoms with Gasteiger partial charge in [-0.1, -0.05) is 121 Å². The van der Waals surface area contributed by atoms with Gasteiger partial charge < -0.3 is 13.6 Å². The summed E-state index contributed by atoms with van der Waals surface area (Å²) in [6, 6.07) is 68.3. The van der Waals surface area contributed by atoms with Crippen LogP contribution in [-0.2, 0) is 6.42 Å². The molecule has 9 aromatic carbocycles. The van der Waals surface area contributed by atoms with Gasteiger partial charge in [-0.25, -0.2) is 0 Å². The van der Waals surface area contributed by atoms with E-state index in [-0.39, 0.29) is 0 Å². The molecule has 0 fully saturated rings. The van der Waals surface area contributed by atoms with Crippen molar-refractivity contribution in [2.24, 2.45) is 0 Å². The van der Waals surface area contributed by atoms with Crippen LogP contribution in [0, 0.1) is 22.7 Å². The zero-order chi connectivity index (χ0) is 41.1. The molecule has 286 valence electrons. The van der Waals surface area contributed by atoms with E-state index < -0.39 is 0 Å². The summed E-state index contributed by atoms with van der Waals surface area (Å²) in [5.74, 6) is 0. The SMILES string of the molecule is N#Cc1ccc(-c2cccc(-c3ccc(-n4c5ccccc5c5c6oc7ccccc7c6ccc54)cc3-n3c4ccccc4c4c5c(ccc43)-c3ccccc3C5)c2C#N)cc1. The van der Waals surface area contributed by atoms with Gasteiger partial charge in [0.05, 0.1) is 50.3 Å². The minimum atomic E-state index is 0.576. The van der Waals surface area contributed by atoms with Crippen LogP contribution in [0.1, 0.15) is 22.3 Å². The molecule has 5 nitrogen and oxygen atoms in total. The Bertz CT molecular complexity index is 3980. The number of fused-ring (bicyclic) bond motifs is 14. The first-order chi connectivity index (χ1) is 30.7. The van der Waals surface area contributed by atoms with Gasteiger partial charge in [-0.2, -0.15) is 10.5 Å². The van der Waals surface area contributed by atoms with Gasteiger partial charge >= 0.3 is 0 Å². The summed E-state index contributed by atoms with van der Waals surface area (Å²) in [6.45, 7) is 0. The van der Waals surface area contributed by atoms with E-state index in [9.17, 15) is 10.5 Å². The minimum absolute atomic E-state index is 0.576. The van der Waals surface area contributed by atoms with Gasteiger partial charge in [0, 0.05) is 49.3 Å². The van der Waals surface area contributed by atoms with Crippen molar-refractivity contribution in [1.29, 1.82) is 10.5 Å². The molecule has 0 spiro atoms. The van der Waals surface area contributed by atoms with Crippen LogP contribution in [-0.4, -0.2) is 9.13 Å². The van der Waals surface area contributed by atoms with Crippen molar-refractivity contribution in [3.05, 3.63) is 204 Å². The molecule has 0 unspecified atom stereocenters. The van der Waals surface area contributed by atoms with Gasteiger partial charge in [-0.3, -0.25) is 0 Å². The minimum Gasteiger partial charge on any atom is -0.455 e. The topological polar surface area (TPSA) is 70.6 Å².